The van der Waals surface area contributed by atoms with E-state index in [0.29, 0.717) is 36.9 Å². The van der Waals surface area contributed by atoms with Gasteiger partial charge in [0.25, 0.3) is 5.91 Å². The van der Waals surface area contributed by atoms with Crippen LogP contribution < -0.4 is 24.2 Å². The van der Waals surface area contributed by atoms with E-state index in [2.05, 4.69) is 31.3 Å². The molecule has 0 bridgehead atoms. The fraction of sp³-hybridized carbons (Fsp3) is 0.333. The summed E-state index contributed by atoms with van der Waals surface area (Å²) in [7, 11) is 0. The predicted molar refractivity (Wildman–Crippen MR) is 148 cm³/mol. The average molecular weight is 513 g/mol. The van der Waals surface area contributed by atoms with Crippen LogP contribution in [0.1, 0.15) is 58.8 Å². The first-order chi connectivity index (χ1) is 17.3. The molecule has 0 aliphatic rings. The number of carbonyl (C=O) groups excluding carboxylic acids is 1. The summed E-state index contributed by atoms with van der Waals surface area (Å²) < 4.78 is 6.08. The van der Waals surface area contributed by atoms with Crippen LogP contribution in [0.5, 0.6) is 0 Å². The maximum Gasteiger partial charge on any atom is 1.00 e. The third-order valence-electron chi connectivity index (χ3n) is 6.18. The van der Waals surface area contributed by atoms with Crippen LogP contribution in [-0.2, 0) is 22.7 Å². The first-order valence-corrected chi connectivity index (χ1v) is 13.6. The molecule has 190 valence electrons. The summed E-state index contributed by atoms with van der Waals surface area (Å²) >= 11 is 1.55. The summed E-state index contributed by atoms with van der Waals surface area (Å²) in [6.07, 6.45) is 2.28. The Hall–Kier alpha value is -2.49. The van der Waals surface area contributed by atoms with Crippen molar-refractivity contribution in [3.63, 3.8) is 0 Å². The SMILES string of the molecule is CSCCC(NC(=O)c1ccc(COCc2ccccc2C(C)C)cc1-c1ccccc1C)C(=O)O.[Li+]. The largest absolute Gasteiger partial charge is 1.00 e. The zero-order valence-corrected chi connectivity index (χ0v) is 23.2. The van der Waals surface area contributed by atoms with Gasteiger partial charge in [0.15, 0.2) is 0 Å². The van der Waals surface area contributed by atoms with E-state index in [1.165, 1.54) is 11.1 Å². The number of aliphatic carboxylic acids is 1. The summed E-state index contributed by atoms with van der Waals surface area (Å²) in [4.78, 5) is 24.9. The van der Waals surface area contributed by atoms with Crippen molar-refractivity contribution in [1.29, 1.82) is 0 Å². The van der Waals surface area contributed by atoms with E-state index in [0.717, 1.165) is 22.3 Å². The van der Waals surface area contributed by atoms with Gasteiger partial charge in [0.1, 0.15) is 6.04 Å². The molecule has 3 rings (SSSR count). The number of aryl methyl sites for hydroxylation is 1. The standard InChI is InChI=1S/C30H35NO4S.Li/c1-20(2)24-11-8-6-10-23(24)19-35-18-22-13-14-26(27(17-22)25-12-7-5-9-21(25)3)29(32)31-28(30(33)34)15-16-36-4;/h5-14,17,20,28H,15-16,18-19H2,1-4H3,(H,31,32)(H,33,34);/q;+1. The molecule has 0 heterocycles. The summed E-state index contributed by atoms with van der Waals surface area (Å²) in [6, 6.07) is 20.9. The van der Waals surface area contributed by atoms with Crippen molar-refractivity contribution < 1.29 is 38.3 Å². The van der Waals surface area contributed by atoms with Gasteiger partial charge >= 0.3 is 24.8 Å². The van der Waals surface area contributed by atoms with E-state index < -0.39 is 12.0 Å². The molecule has 0 fully saturated rings. The van der Waals surface area contributed by atoms with Crippen LogP contribution in [0.25, 0.3) is 11.1 Å². The van der Waals surface area contributed by atoms with Crippen LogP contribution in [-0.4, -0.2) is 35.0 Å². The third kappa shape index (κ3) is 8.51. The van der Waals surface area contributed by atoms with Crippen molar-refractivity contribution in [1.82, 2.24) is 5.32 Å². The molecule has 1 atom stereocenters. The van der Waals surface area contributed by atoms with Crippen LogP contribution in [0.3, 0.4) is 0 Å². The van der Waals surface area contributed by atoms with Crippen molar-refractivity contribution in [2.24, 2.45) is 0 Å². The molecule has 7 heteroatoms. The molecule has 37 heavy (non-hydrogen) atoms. The van der Waals surface area contributed by atoms with Crippen molar-refractivity contribution >= 4 is 23.6 Å². The van der Waals surface area contributed by atoms with Crippen molar-refractivity contribution in [2.45, 2.75) is 52.4 Å². The molecule has 5 nitrogen and oxygen atoms in total. The molecule has 2 N–H and O–H groups in total. The quantitative estimate of drug-likeness (QED) is 0.364. The minimum atomic E-state index is -1.03. The molecule has 1 unspecified atom stereocenters. The number of ether oxygens (including phenoxy) is 1. The van der Waals surface area contributed by atoms with E-state index in [4.69, 9.17) is 4.74 Å². The molecule has 0 saturated heterocycles. The van der Waals surface area contributed by atoms with Crippen molar-refractivity contribution in [2.75, 3.05) is 12.0 Å². The molecule has 1 amide bonds. The Morgan fingerprint density at radius 1 is 0.973 bits per heavy atom. The second-order valence-electron chi connectivity index (χ2n) is 9.19. The topological polar surface area (TPSA) is 75.6 Å². The number of carboxylic acids is 1. The monoisotopic (exact) mass is 512 g/mol. The Kier molecular flexibility index (Phi) is 12.5. The zero-order valence-electron chi connectivity index (χ0n) is 22.4. The molecule has 0 radical (unpaired) electrons. The molecule has 3 aromatic rings. The molecule has 0 aliphatic heterocycles. The smallest absolute Gasteiger partial charge is 0.480 e. The van der Waals surface area contributed by atoms with Gasteiger partial charge in [0.2, 0.25) is 0 Å². The molecule has 0 aromatic heterocycles. The second kappa shape index (κ2) is 15.0. The zero-order chi connectivity index (χ0) is 26.1. The molecular formula is C30H35LiNO4S+. The van der Waals surface area contributed by atoms with Crippen molar-refractivity contribution in [3.05, 3.63) is 94.5 Å². The molecule has 0 saturated carbocycles. The van der Waals surface area contributed by atoms with Gasteiger partial charge < -0.3 is 15.2 Å². The van der Waals surface area contributed by atoms with E-state index in [1.807, 2.05) is 61.7 Å². The van der Waals surface area contributed by atoms with Gasteiger partial charge in [-0.05, 0) is 76.8 Å². The Balaban J connectivity index is 0.00000481. The number of thioether (sulfide) groups is 1. The van der Waals surface area contributed by atoms with Gasteiger partial charge in [-0.1, -0.05) is 68.4 Å². The first kappa shape index (κ1) is 30.7. The number of benzene rings is 3. The van der Waals surface area contributed by atoms with Crippen LogP contribution in [0, 0.1) is 6.92 Å². The molecule has 3 aromatic carbocycles. The first-order valence-electron chi connectivity index (χ1n) is 12.2. The minimum absolute atomic E-state index is 0. The van der Waals surface area contributed by atoms with Gasteiger partial charge in [0, 0.05) is 5.56 Å². The molecule has 0 aliphatic carbocycles. The minimum Gasteiger partial charge on any atom is -0.480 e. The summed E-state index contributed by atoms with van der Waals surface area (Å²) in [5.74, 6) is -0.347. The van der Waals surface area contributed by atoms with Crippen LogP contribution >= 0.6 is 11.8 Å². The Morgan fingerprint density at radius 3 is 2.35 bits per heavy atom. The van der Waals surface area contributed by atoms with Gasteiger partial charge in [0.05, 0.1) is 13.2 Å². The summed E-state index contributed by atoms with van der Waals surface area (Å²) in [5, 5.41) is 12.3. The number of carboxylic acid groups (broad SMARTS) is 1. The third-order valence-corrected chi connectivity index (χ3v) is 6.83. The number of rotatable bonds is 12. The number of hydrogen-bond acceptors (Lipinski definition) is 4. The normalized spacial score (nSPS) is 11.6. The van der Waals surface area contributed by atoms with Gasteiger partial charge in [-0.3, -0.25) is 4.79 Å². The number of carbonyl (C=O) groups is 2. The van der Waals surface area contributed by atoms with Crippen LogP contribution in [0.15, 0.2) is 66.7 Å². The van der Waals surface area contributed by atoms with Crippen LogP contribution in [0.2, 0.25) is 0 Å². The molecule has 0 spiro atoms. The number of hydrogen-bond donors (Lipinski definition) is 2. The predicted octanol–water partition coefficient (Wildman–Crippen LogP) is 3.44. The van der Waals surface area contributed by atoms with Gasteiger partial charge in [-0.15, -0.1) is 0 Å². The van der Waals surface area contributed by atoms with Gasteiger partial charge in [-0.25, -0.2) is 4.79 Å². The van der Waals surface area contributed by atoms with Crippen molar-refractivity contribution in [3.8, 4) is 11.1 Å². The van der Waals surface area contributed by atoms with Crippen LogP contribution in [0.4, 0.5) is 0 Å². The molecular weight excluding hydrogens is 477 g/mol. The average Bonchev–Trinajstić information content (AvgIpc) is 2.86. The number of amides is 1. The summed E-state index contributed by atoms with van der Waals surface area (Å²) in [6.45, 7) is 7.26. The van der Waals surface area contributed by atoms with Gasteiger partial charge in [-0.2, -0.15) is 11.8 Å². The maximum atomic E-state index is 13.2. The Labute approximate surface area is 236 Å². The second-order valence-corrected chi connectivity index (χ2v) is 10.2. The van der Waals surface area contributed by atoms with E-state index in [1.54, 1.807) is 17.8 Å². The number of nitrogens with one attached hydrogen (secondary N) is 1. The van der Waals surface area contributed by atoms with E-state index in [-0.39, 0.29) is 24.8 Å². The Morgan fingerprint density at radius 2 is 1.68 bits per heavy atom. The summed E-state index contributed by atoms with van der Waals surface area (Å²) in [5.41, 5.74) is 6.59. The van der Waals surface area contributed by atoms with E-state index in [9.17, 15) is 14.7 Å². The fourth-order valence-corrected chi connectivity index (χ4v) is 4.69. The van der Waals surface area contributed by atoms with E-state index >= 15 is 0 Å². The Bertz CT molecular complexity index is 1200. The maximum absolute atomic E-state index is 13.2. The fourth-order valence-electron chi connectivity index (χ4n) is 4.21.